The Morgan fingerprint density at radius 1 is 1.41 bits per heavy atom. The van der Waals surface area contributed by atoms with Crippen LogP contribution in [-0.4, -0.2) is 27.2 Å². The number of nitrogens with zero attached hydrogens (tertiary/aromatic N) is 3. The van der Waals surface area contributed by atoms with Crippen molar-refractivity contribution in [3.8, 4) is 0 Å². The molecule has 0 aliphatic heterocycles. The first kappa shape index (κ1) is 14.4. The van der Waals surface area contributed by atoms with E-state index in [2.05, 4.69) is 4.98 Å². The third-order valence-electron chi connectivity index (χ3n) is 3.29. The normalized spacial score (nSPS) is 10.8. The summed E-state index contributed by atoms with van der Waals surface area (Å²) in [5.74, 6) is -0.869. The molecule has 112 valence electrons. The summed E-state index contributed by atoms with van der Waals surface area (Å²) >= 11 is 1.31. The molecule has 2 heterocycles. The zero-order valence-corrected chi connectivity index (χ0v) is 12.5. The number of fused-ring (bicyclic) bond motifs is 1. The van der Waals surface area contributed by atoms with Gasteiger partial charge in [-0.1, -0.05) is 18.2 Å². The average molecular weight is 317 g/mol. The second-order valence-corrected chi connectivity index (χ2v) is 5.66. The number of benzene rings is 1. The minimum absolute atomic E-state index is 0.0326. The molecule has 0 N–H and O–H groups in total. The van der Waals surface area contributed by atoms with Crippen LogP contribution in [0.3, 0.4) is 0 Å². The summed E-state index contributed by atoms with van der Waals surface area (Å²) in [7, 11) is 1.52. The zero-order chi connectivity index (χ0) is 15.7. The van der Waals surface area contributed by atoms with Crippen LogP contribution in [0.25, 0.3) is 4.96 Å². The first-order valence-corrected chi connectivity index (χ1v) is 7.39. The van der Waals surface area contributed by atoms with Gasteiger partial charge < -0.3 is 4.90 Å². The number of rotatable bonds is 3. The lowest BCUT2D eigenvalue weighted by atomic mass is 10.2. The van der Waals surface area contributed by atoms with Gasteiger partial charge in [0, 0.05) is 36.9 Å². The van der Waals surface area contributed by atoms with Crippen molar-refractivity contribution in [1.82, 2.24) is 14.3 Å². The second-order valence-electron chi connectivity index (χ2n) is 4.79. The number of aromatic nitrogens is 2. The predicted molar refractivity (Wildman–Crippen MR) is 81.5 cm³/mol. The van der Waals surface area contributed by atoms with Crippen LogP contribution in [-0.2, 0) is 6.54 Å². The van der Waals surface area contributed by atoms with Gasteiger partial charge in [-0.2, -0.15) is 0 Å². The number of hydrogen-bond acceptors (Lipinski definition) is 4. The Hall–Kier alpha value is -2.54. The van der Waals surface area contributed by atoms with E-state index >= 15 is 0 Å². The molecule has 0 spiro atoms. The summed E-state index contributed by atoms with van der Waals surface area (Å²) in [6, 6.07) is 6.22. The van der Waals surface area contributed by atoms with Crippen LogP contribution in [0.4, 0.5) is 4.39 Å². The SMILES string of the molecule is CN(Cc1ccccc1F)C(=O)c1cnc2sccn2c1=O. The van der Waals surface area contributed by atoms with E-state index in [-0.39, 0.29) is 17.9 Å². The van der Waals surface area contributed by atoms with E-state index in [9.17, 15) is 14.0 Å². The molecule has 0 fully saturated rings. The van der Waals surface area contributed by atoms with Crippen molar-refractivity contribution in [2.75, 3.05) is 7.05 Å². The maximum absolute atomic E-state index is 13.6. The smallest absolute Gasteiger partial charge is 0.271 e. The van der Waals surface area contributed by atoms with Gasteiger partial charge in [0.2, 0.25) is 0 Å². The van der Waals surface area contributed by atoms with Crippen LogP contribution in [0.15, 0.2) is 46.8 Å². The van der Waals surface area contributed by atoms with Gasteiger partial charge >= 0.3 is 0 Å². The van der Waals surface area contributed by atoms with E-state index in [0.29, 0.717) is 10.5 Å². The highest BCUT2D eigenvalue weighted by Gasteiger charge is 2.18. The summed E-state index contributed by atoms with van der Waals surface area (Å²) in [5.41, 5.74) is -0.0607. The van der Waals surface area contributed by atoms with Crippen LogP contribution >= 0.6 is 11.3 Å². The van der Waals surface area contributed by atoms with Crippen LogP contribution in [0, 0.1) is 5.82 Å². The number of halogens is 1. The Kier molecular flexibility index (Phi) is 3.72. The Labute approximate surface area is 129 Å². The van der Waals surface area contributed by atoms with Gasteiger partial charge in [0.15, 0.2) is 4.96 Å². The van der Waals surface area contributed by atoms with Gasteiger partial charge in [0.05, 0.1) is 0 Å². The summed E-state index contributed by atoms with van der Waals surface area (Å²) in [6.45, 7) is 0.0806. The topological polar surface area (TPSA) is 54.7 Å². The maximum atomic E-state index is 13.6. The van der Waals surface area contributed by atoms with E-state index in [1.54, 1.807) is 29.8 Å². The molecule has 0 saturated carbocycles. The minimum atomic E-state index is -0.485. The Morgan fingerprint density at radius 2 is 2.18 bits per heavy atom. The molecule has 0 saturated heterocycles. The highest BCUT2D eigenvalue weighted by Crippen LogP contribution is 2.11. The van der Waals surface area contributed by atoms with Crippen molar-refractivity contribution in [3.63, 3.8) is 0 Å². The third kappa shape index (κ3) is 2.50. The van der Waals surface area contributed by atoms with Crippen molar-refractivity contribution in [2.45, 2.75) is 6.54 Å². The first-order chi connectivity index (χ1) is 10.6. The van der Waals surface area contributed by atoms with E-state index in [0.717, 1.165) is 0 Å². The van der Waals surface area contributed by atoms with E-state index in [1.807, 2.05) is 0 Å². The molecule has 0 bridgehead atoms. The van der Waals surface area contributed by atoms with E-state index < -0.39 is 11.5 Å². The molecule has 1 amide bonds. The fraction of sp³-hybridized carbons (Fsp3) is 0.133. The third-order valence-corrected chi connectivity index (χ3v) is 4.06. The predicted octanol–water partition coefficient (Wildman–Crippen LogP) is 2.17. The number of thiazole rings is 1. The monoisotopic (exact) mass is 317 g/mol. The van der Waals surface area contributed by atoms with Crippen molar-refractivity contribution >= 4 is 22.2 Å². The van der Waals surface area contributed by atoms with Crippen molar-refractivity contribution < 1.29 is 9.18 Å². The quantitative estimate of drug-likeness (QED) is 0.744. The van der Waals surface area contributed by atoms with Crippen LogP contribution in [0.2, 0.25) is 0 Å². The first-order valence-electron chi connectivity index (χ1n) is 6.51. The molecule has 2 aromatic heterocycles. The van der Waals surface area contributed by atoms with Crippen molar-refractivity contribution in [3.05, 3.63) is 69.3 Å². The van der Waals surface area contributed by atoms with E-state index in [1.165, 1.54) is 39.9 Å². The fourth-order valence-electron chi connectivity index (χ4n) is 2.13. The highest BCUT2D eigenvalue weighted by atomic mass is 32.1. The van der Waals surface area contributed by atoms with Gasteiger partial charge in [-0.3, -0.25) is 14.0 Å². The molecule has 0 unspecified atom stereocenters. The minimum Gasteiger partial charge on any atom is -0.337 e. The van der Waals surface area contributed by atoms with Crippen molar-refractivity contribution in [2.24, 2.45) is 0 Å². The van der Waals surface area contributed by atoms with Crippen LogP contribution in [0.5, 0.6) is 0 Å². The van der Waals surface area contributed by atoms with Gasteiger partial charge in [-0.15, -0.1) is 11.3 Å². The summed E-state index contributed by atoms with van der Waals surface area (Å²) in [6.07, 6.45) is 2.84. The summed E-state index contributed by atoms with van der Waals surface area (Å²) < 4.78 is 15.0. The van der Waals surface area contributed by atoms with Crippen molar-refractivity contribution in [1.29, 1.82) is 0 Å². The average Bonchev–Trinajstić information content (AvgIpc) is 2.99. The Balaban J connectivity index is 1.90. The van der Waals surface area contributed by atoms with Crippen LogP contribution < -0.4 is 5.56 Å². The lowest BCUT2D eigenvalue weighted by molar-refractivity contribution is 0.0781. The molecular formula is C15H12FN3O2S. The summed E-state index contributed by atoms with van der Waals surface area (Å²) in [4.78, 5) is 30.6. The Bertz CT molecular complexity index is 903. The lowest BCUT2D eigenvalue weighted by Gasteiger charge is -2.17. The second kappa shape index (κ2) is 5.69. The molecule has 3 rings (SSSR count). The standard InChI is InChI=1S/C15H12FN3O2S/c1-18(9-10-4-2-3-5-12(10)16)13(20)11-8-17-15-19(14(11)21)6-7-22-15/h2-8H,9H2,1H3. The highest BCUT2D eigenvalue weighted by molar-refractivity contribution is 7.15. The number of carbonyl (C=O) groups excluding carboxylic acids is 1. The Morgan fingerprint density at radius 3 is 2.95 bits per heavy atom. The zero-order valence-electron chi connectivity index (χ0n) is 11.7. The molecule has 1 aromatic carbocycles. The molecule has 7 heteroatoms. The number of carbonyl (C=O) groups is 1. The molecule has 0 radical (unpaired) electrons. The molecule has 0 atom stereocenters. The molecule has 3 aromatic rings. The van der Waals surface area contributed by atoms with E-state index in [4.69, 9.17) is 0 Å². The molecule has 22 heavy (non-hydrogen) atoms. The maximum Gasteiger partial charge on any atom is 0.271 e. The van der Waals surface area contributed by atoms with Gasteiger partial charge in [-0.25, -0.2) is 9.37 Å². The van der Waals surface area contributed by atoms with Gasteiger partial charge in [-0.05, 0) is 6.07 Å². The van der Waals surface area contributed by atoms with Gasteiger partial charge in [0.1, 0.15) is 11.4 Å². The summed E-state index contributed by atoms with van der Waals surface area (Å²) in [5, 5.41) is 1.72. The molecular weight excluding hydrogens is 305 g/mol. The molecule has 0 aliphatic carbocycles. The fourth-order valence-corrected chi connectivity index (χ4v) is 2.81. The van der Waals surface area contributed by atoms with Crippen LogP contribution in [0.1, 0.15) is 15.9 Å². The number of hydrogen-bond donors (Lipinski definition) is 0. The largest absolute Gasteiger partial charge is 0.337 e. The van der Waals surface area contributed by atoms with Gasteiger partial charge in [0.25, 0.3) is 11.5 Å². The number of amides is 1. The molecule has 0 aliphatic rings. The molecule has 5 nitrogen and oxygen atoms in total. The lowest BCUT2D eigenvalue weighted by Crippen LogP contribution is -2.32.